The van der Waals surface area contributed by atoms with Crippen molar-refractivity contribution in [3.8, 4) is 0 Å². The highest BCUT2D eigenvalue weighted by Gasteiger charge is 2.00. The van der Waals surface area contributed by atoms with E-state index in [-0.39, 0.29) is 24.0 Å². The van der Waals surface area contributed by atoms with E-state index in [1.54, 1.807) is 0 Å². The van der Waals surface area contributed by atoms with Crippen LogP contribution in [0.5, 0.6) is 0 Å². The summed E-state index contributed by atoms with van der Waals surface area (Å²) in [5.74, 6) is -4.52. The van der Waals surface area contributed by atoms with Gasteiger partial charge in [0.25, 0.3) is 0 Å². The van der Waals surface area contributed by atoms with Crippen LogP contribution in [0, 0.1) is 0 Å². The molecule has 0 spiro atoms. The SMILES string of the molecule is C=C(C)C(=O)[O-].C=C(C)C(=O)[O-].O=C(O)CCC(=O)O. The van der Waals surface area contributed by atoms with Crippen LogP contribution in [0.3, 0.4) is 0 Å². The van der Waals surface area contributed by atoms with Crippen LogP contribution in [0.4, 0.5) is 0 Å². The lowest BCUT2D eigenvalue weighted by molar-refractivity contribution is -0.300. The van der Waals surface area contributed by atoms with E-state index in [2.05, 4.69) is 13.2 Å². The number of carboxylic acid groups (broad SMARTS) is 4. The highest BCUT2D eigenvalue weighted by atomic mass is 16.4. The van der Waals surface area contributed by atoms with Crippen molar-refractivity contribution in [1.82, 2.24) is 0 Å². The summed E-state index contributed by atoms with van der Waals surface area (Å²) >= 11 is 0. The van der Waals surface area contributed by atoms with Crippen LogP contribution in [-0.2, 0) is 19.2 Å². The molecule has 0 aliphatic rings. The number of rotatable bonds is 5. The van der Waals surface area contributed by atoms with Crippen molar-refractivity contribution >= 4 is 23.9 Å². The van der Waals surface area contributed by atoms with E-state index >= 15 is 0 Å². The van der Waals surface area contributed by atoms with Gasteiger partial charge in [0.05, 0.1) is 24.8 Å². The molecule has 0 atom stereocenters. The molecule has 2 N–H and O–H groups in total. The predicted molar refractivity (Wildman–Crippen MR) is 64.1 cm³/mol. The molecule has 0 rings (SSSR count). The van der Waals surface area contributed by atoms with E-state index in [9.17, 15) is 29.4 Å². The first-order valence-corrected chi connectivity index (χ1v) is 5.09. The van der Waals surface area contributed by atoms with E-state index in [0.29, 0.717) is 0 Å². The van der Waals surface area contributed by atoms with E-state index in [1.165, 1.54) is 13.8 Å². The fraction of sp³-hybridized carbons (Fsp3) is 0.333. The number of hydrogen-bond acceptors (Lipinski definition) is 6. The highest BCUT2D eigenvalue weighted by molar-refractivity contribution is 5.83. The second kappa shape index (κ2) is 12.8. The lowest BCUT2D eigenvalue weighted by Gasteiger charge is -1.93. The molecular formula is C12H16O8-2. The normalized spacial score (nSPS) is 7.90. The van der Waals surface area contributed by atoms with Gasteiger partial charge in [-0.2, -0.15) is 0 Å². The Morgan fingerprint density at radius 3 is 1.00 bits per heavy atom. The van der Waals surface area contributed by atoms with Gasteiger partial charge in [-0.15, -0.1) is 0 Å². The summed E-state index contributed by atoms with van der Waals surface area (Å²) in [7, 11) is 0. The van der Waals surface area contributed by atoms with Crippen molar-refractivity contribution in [1.29, 1.82) is 0 Å². The summed E-state index contributed by atoms with van der Waals surface area (Å²) in [6.07, 6.45) is -0.593. The zero-order valence-corrected chi connectivity index (χ0v) is 11.2. The number of carbonyl (C=O) groups excluding carboxylic acids is 2. The minimum atomic E-state index is -1.19. The average molecular weight is 288 g/mol. The van der Waals surface area contributed by atoms with E-state index < -0.39 is 23.9 Å². The molecule has 0 unspecified atom stereocenters. The monoisotopic (exact) mass is 288 g/mol. The van der Waals surface area contributed by atoms with E-state index in [4.69, 9.17) is 10.2 Å². The molecule has 8 nitrogen and oxygen atoms in total. The maximum atomic E-state index is 9.64. The lowest BCUT2D eigenvalue weighted by atomic mass is 10.3. The zero-order valence-electron chi connectivity index (χ0n) is 11.2. The minimum Gasteiger partial charge on any atom is -0.545 e. The summed E-state index contributed by atoms with van der Waals surface area (Å²) in [6, 6.07) is 0. The smallest absolute Gasteiger partial charge is 0.303 e. The summed E-state index contributed by atoms with van der Waals surface area (Å²) in [6.45, 7) is 8.95. The first-order chi connectivity index (χ1) is 8.91. The molecule has 20 heavy (non-hydrogen) atoms. The van der Waals surface area contributed by atoms with Gasteiger partial charge in [-0.05, 0) is 25.0 Å². The van der Waals surface area contributed by atoms with Crippen LogP contribution in [0.15, 0.2) is 24.3 Å². The van der Waals surface area contributed by atoms with Gasteiger partial charge in [-0.1, -0.05) is 13.2 Å². The minimum absolute atomic E-state index is 0.0648. The summed E-state index contributed by atoms with van der Waals surface area (Å²) in [4.78, 5) is 38.3. The topological polar surface area (TPSA) is 155 Å². The molecule has 0 heterocycles. The van der Waals surface area contributed by atoms with Gasteiger partial charge < -0.3 is 30.0 Å². The Labute approximate surface area is 115 Å². The van der Waals surface area contributed by atoms with Gasteiger partial charge in [0.15, 0.2) is 0 Å². The second-order valence-corrected chi connectivity index (χ2v) is 3.42. The molecule has 0 aromatic rings. The first kappa shape index (κ1) is 22.5. The summed E-state index contributed by atoms with van der Waals surface area (Å²) in [5, 5.41) is 34.8. The molecule has 0 saturated heterocycles. The van der Waals surface area contributed by atoms with Gasteiger partial charge in [0.2, 0.25) is 0 Å². The second-order valence-electron chi connectivity index (χ2n) is 3.42. The zero-order chi connectivity index (χ0) is 16.9. The quantitative estimate of drug-likeness (QED) is 0.583. The van der Waals surface area contributed by atoms with Crippen molar-refractivity contribution in [2.45, 2.75) is 26.7 Å². The average Bonchev–Trinajstić information content (AvgIpc) is 2.27. The molecule has 0 aliphatic heterocycles. The number of hydrogen-bond donors (Lipinski definition) is 2. The van der Waals surface area contributed by atoms with Crippen LogP contribution >= 0.6 is 0 Å². The molecule has 0 fully saturated rings. The molecule has 0 amide bonds. The summed E-state index contributed by atoms with van der Waals surface area (Å²) < 4.78 is 0. The van der Waals surface area contributed by atoms with Gasteiger partial charge in [0, 0.05) is 0 Å². The van der Waals surface area contributed by atoms with Crippen LogP contribution in [-0.4, -0.2) is 34.1 Å². The Kier molecular flexibility index (Phi) is 14.4. The largest absolute Gasteiger partial charge is 0.545 e. The Hall–Kier alpha value is -2.64. The number of carboxylic acids is 4. The molecule has 0 radical (unpaired) electrons. The van der Waals surface area contributed by atoms with Crippen molar-refractivity contribution in [3.05, 3.63) is 24.3 Å². The summed E-state index contributed by atoms with van der Waals surface area (Å²) in [5.41, 5.74) is 0.130. The Morgan fingerprint density at radius 2 is 0.950 bits per heavy atom. The van der Waals surface area contributed by atoms with Crippen molar-refractivity contribution in [2.24, 2.45) is 0 Å². The standard InChI is InChI=1S/C4H6O4.2C4H6O2/c5-3(6)1-2-4(7)8;2*1-3(2)4(5)6/h1-2H2,(H,5,6)(H,7,8);2*1H2,2H3,(H,5,6)/p-2. The first-order valence-electron chi connectivity index (χ1n) is 5.09. The highest BCUT2D eigenvalue weighted by Crippen LogP contribution is 1.86. The lowest BCUT2D eigenvalue weighted by Crippen LogP contribution is -2.22. The van der Waals surface area contributed by atoms with Crippen LogP contribution in [0.2, 0.25) is 0 Å². The third kappa shape index (κ3) is 29.5. The maximum Gasteiger partial charge on any atom is 0.303 e. The molecule has 0 saturated carbocycles. The predicted octanol–water partition coefficient (Wildman–Crippen LogP) is -1.44. The Morgan fingerprint density at radius 1 is 0.800 bits per heavy atom. The fourth-order valence-corrected chi connectivity index (χ4v) is 0.214. The molecule has 0 aromatic heterocycles. The molecule has 114 valence electrons. The molecule has 0 aliphatic carbocycles. The van der Waals surface area contributed by atoms with Gasteiger partial charge >= 0.3 is 11.9 Å². The van der Waals surface area contributed by atoms with Gasteiger partial charge in [0.1, 0.15) is 0 Å². The molecule has 0 bridgehead atoms. The van der Waals surface area contributed by atoms with Crippen LogP contribution in [0.25, 0.3) is 0 Å². The van der Waals surface area contributed by atoms with Crippen molar-refractivity contribution in [3.63, 3.8) is 0 Å². The molecular weight excluding hydrogens is 272 g/mol. The van der Waals surface area contributed by atoms with Crippen LogP contribution in [0.1, 0.15) is 26.7 Å². The molecule has 8 heteroatoms. The number of aliphatic carboxylic acids is 4. The van der Waals surface area contributed by atoms with E-state index in [1.807, 2.05) is 0 Å². The van der Waals surface area contributed by atoms with Crippen molar-refractivity contribution < 1.29 is 39.6 Å². The maximum absolute atomic E-state index is 9.64. The Bertz CT molecular complexity index is 332. The van der Waals surface area contributed by atoms with E-state index in [0.717, 1.165) is 0 Å². The van der Waals surface area contributed by atoms with Crippen molar-refractivity contribution in [2.75, 3.05) is 0 Å². The molecule has 0 aromatic carbocycles. The third-order valence-corrected chi connectivity index (χ3v) is 1.25. The van der Waals surface area contributed by atoms with Crippen LogP contribution < -0.4 is 10.2 Å². The number of carbonyl (C=O) groups is 4. The van der Waals surface area contributed by atoms with Gasteiger partial charge in [-0.3, -0.25) is 9.59 Å². The fourth-order valence-electron chi connectivity index (χ4n) is 0.214. The Balaban J connectivity index is -0.000000221. The third-order valence-electron chi connectivity index (χ3n) is 1.25. The van der Waals surface area contributed by atoms with Gasteiger partial charge in [-0.25, -0.2) is 0 Å².